The average Bonchev–Trinajstić information content (AvgIpc) is 2.46. The highest BCUT2D eigenvalue weighted by Gasteiger charge is 2.43. The van der Waals surface area contributed by atoms with Crippen LogP contribution in [0.4, 0.5) is 0 Å². The first kappa shape index (κ1) is 18.4. The monoisotopic (exact) mass is 314 g/mol. The number of amides is 1. The summed E-state index contributed by atoms with van der Waals surface area (Å²) in [5, 5.41) is 9.67. The van der Waals surface area contributed by atoms with E-state index in [0.717, 1.165) is 38.5 Å². The Balaban J connectivity index is 2.84. The normalized spacial score (nSPS) is 18.6. The molecule has 4 nitrogen and oxygen atoms in total. The molecular formula is C16H30N2O2S. The van der Waals surface area contributed by atoms with Crippen LogP contribution in [0.1, 0.15) is 59.3 Å². The lowest BCUT2D eigenvalue weighted by molar-refractivity contribution is -0.141. The van der Waals surface area contributed by atoms with Gasteiger partial charge >= 0.3 is 0 Å². The molecule has 0 spiro atoms. The number of nitrogens with zero attached hydrogens (tertiary/aromatic N) is 1. The zero-order valence-electron chi connectivity index (χ0n) is 13.6. The van der Waals surface area contributed by atoms with E-state index in [9.17, 15) is 9.90 Å². The van der Waals surface area contributed by atoms with Gasteiger partial charge in [-0.2, -0.15) is 0 Å². The molecule has 0 bridgehead atoms. The van der Waals surface area contributed by atoms with Gasteiger partial charge < -0.3 is 15.7 Å². The number of aliphatic hydroxyl groups is 1. The lowest BCUT2D eigenvalue weighted by Crippen LogP contribution is -2.53. The predicted molar refractivity (Wildman–Crippen MR) is 90.0 cm³/mol. The van der Waals surface area contributed by atoms with Gasteiger partial charge in [0, 0.05) is 13.1 Å². The molecule has 1 heterocycles. The van der Waals surface area contributed by atoms with E-state index < -0.39 is 5.41 Å². The molecule has 1 saturated heterocycles. The summed E-state index contributed by atoms with van der Waals surface area (Å²) < 4.78 is 0. The maximum absolute atomic E-state index is 13.0. The summed E-state index contributed by atoms with van der Waals surface area (Å²) in [4.78, 5) is 15.3. The maximum Gasteiger partial charge on any atom is 0.235 e. The Bertz CT molecular complexity index is 357. The summed E-state index contributed by atoms with van der Waals surface area (Å²) in [6.45, 7) is 7.36. The molecule has 1 rings (SSSR count). The summed E-state index contributed by atoms with van der Waals surface area (Å²) in [6.07, 6.45) is 4.66. The number of carbonyl (C=O) groups excluding carboxylic acids is 1. The molecule has 3 N–H and O–H groups in total. The van der Waals surface area contributed by atoms with Gasteiger partial charge in [0.15, 0.2) is 0 Å². The summed E-state index contributed by atoms with van der Waals surface area (Å²) in [6, 6.07) is 0. The van der Waals surface area contributed by atoms with E-state index in [1.54, 1.807) is 0 Å². The number of piperidine rings is 1. The molecule has 1 unspecified atom stereocenters. The van der Waals surface area contributed by atoms with Gasteiger partial charge in [0.2, 0.25) is 5.91 Å². The molecule has 21 heavy (non-hydrogen) atoms. The Labute approximate surface area is 134 Å². The van der Waals surface area contributed by atoms with Crippen LogP contribution in [0.3, 0.4) is 0 Å². The molecule has 1 amide bonds. The van der Waals surface area contributed by atoms with Gasteiger partial charge in [0.05, 0.1) is 16.5 Å². The van der Waals surface area contributed by atoms with Crippen LogP contribution in [0.5, 0.6) is 0 Å². The molecular weight excluding hydrogens is 284 g/mol. The van der Waals surface area contributed by atoms with Crippen LogP contribution in [0.15, 0.2) is 0 Å². The molecule has 1 fully saturated rings. The third kappa shape index (κ3) is 4.16. The van der Waals surface area contributed by atoms with Crippen LogP contribution >= 0.6 is 12.2 Å². The highest BCUT2D eigenvalue weighted by molar-refractivity contribution is 7.80. The molecule has 122 valence electrons. The van der Waals surface area contributed by atoms with Crippen molar-refractivity contribution in [3.05, 3.63) is 0 Å². The second kappa shape index (κ2) is 8.08. The van der Waals surface area contributed by atoms with Gasteiger partial charge in [-0.1, -0.05) is 38.9 Å². The zero-order valence-corrected chi connectivity index (χ0v) is 14.4. The predicted octanol–water partition coefficient (Wildman–Crippen LogP) is 2.48. The first-order valence-corrected chi connectivity index (χ1v) is 8.57. The van der Waals surface area contributed by atoms with Gasteiger partial charge in [0.25, 0.3) is 0 Å². The van der Waals surface area contributed by atoms with E-state index in [0.29, 0.717) is 24.0 Å². The zero-order chi connectivity index (χ0) is 16.0. The van der Waals surface area contributed by atoms with Crippen molar-refractivity contribution in [2.45, 2.75) is 65.4 Å². The van der Waals surface area contributed by atoms with Crippen LogP contribution in [0.25, 0.3) is 0 Å². The SMILES string of the molecule is CCCC(CCC)(C(=O)N1CCC(C(C)O)CC1)C(N)=S. The molecule has 1 atom stereocenters. The lowest BCUT2D eigenvalue weighted by atomic mass is 9.77. The number of carbonyl (C=O) groups is 1. The van der Waals surface area contributed by atoms with Crippen molar-refractivity contribution < 1.29 is 9.90 Å². The molecule has 0 saturated carbocycles. The largest absolute Gasteiger partial charge is 0.393 e. The number of rotatable bonds is 7. The maximum atomic E-state index is 13.0. The van der Waals surface area contributed by atoms with Crippen molar-refractivity contribution in [1.29, 1.82) is 0 Å². The van der Waals surface area contributed by atoms with E-state index >= 15 is 0 Å². The summed E-state index contributed by atoms with van der Waals surface area (Å²) in [5.74, 6) is 0.397. The van der Waals surface area contributed by atoms with Crippen molar-refractivity contribution >= 4 is 23.1 Å². The fourth-order valence-corrected chi connectivity index (χ4v) is 3.72. The van der Waals surface area contributed by atoms with Crippen LogP contribution in [-0.2, 0) is 4.79 Å². The van der Waals surface area contributed by atoms with Crippen LogP contribution < -0.4 is 5.73 Å². The Morgan fingerprint density at radius 2 is 1.81 bits per heavy atom. The third-order valence-electron chi connectivity index (χ3n) is 4.74. The van der Waals surface area contributed by atoms with E-state index in [4.69, 9.17) is 18.0 Å². The van der Waals surface area contributed by atoms with Crippen molar-refractivity contribution in [3.8, 4) is 0 Å². The van der Waals surface area contributed by atoms with Gasteiger partial charge in [-0.05, 0) is 38.5 Å². The van der Waals surface area contributed by atoms with Crippen molar-refractivity contribution in [3.63, 3.8) is 0 Å². The second-order valence-electron chi connectivity index (χ2n) is 6.32. The van der Waals surface area contributed by atoms with E-state index in [2.05, 4.69) is 13.8 Å². The van der Waals surface area contributed by atoms with Gasteiger partial charge in [-0.15, -0.1) is 0 Å². The smallest absolute Gasteiger partial charge is 0.235 e. The minimum absolute atomic E-state index is 0.0998. The van der Waals surface area contributed by atoms with Gasteiger partial charge in [-0.25, -0.2) is 0 Å². The number of nitrogens with two attached hydrogens (primary N) is 1. The number of likely N-dealkylation sites (tertiary alicyclic amines) is 1. The van der Waals surface area contributed by atoms with E-state index in [-0.39, 0.29) is 12.0 Å². The number of hydrogen-bond acceptors (Lipinski definition) is 3. The molecule has 0 aromatic rings. The van der Waals surface area contributed by atoms with Gasteiger partial charge in [0.1, 0.15) is 0 Å². The number of hydrogen-bond donors (Lipinski definition) is 2. The van der Waals surface area contributed by atoms with Gasteiger partial charge in [-0.3, -0.25) is 4.79 Å². The Morgan fingerprint density at radius 1 is 1.33 bits per heavy atom. The molecule has 0 aromatic heterocycles. The van der Waals surface area contributed by atoms with Crippen molar-refractivity contribution in [2.75, 3.05) is 13.1 Å². The topological polar surface area (TPSA) is 66.6 Å². The summed E-state index contributed by atoms with van der Waals surface area (Å²) in [5.41, 5.74) is 5.30. The third-order valence-corrected chi connectivity index (χ3v) is 5.13. The Morgan fingerprint density at radius 3 is 2.14 bits per heavy atom. The minimum Gasteiger partial charge on any atom is -0.393 e. The Hall–Kier alpha value is -0.680. The van der Waals surface area contributed by atoms with E-state index in [1.165, 1.54) is 0 Å². The second-order valence-corrected chi connectivity index (χ2v) is 6.76. The first-order valence-electron chi connectivity index (χ1n) is 8.16. The molecule has 0 aromatic carbocycles. The minimum atomic E-state index is -0.670. The quantitative estimate of drug-likeness (QED) is 0.709. The van der Waals surface area contributed by atoms with Crippen molar-refractivity contribution in [2.24, 2.45) is 17.1 Å². The fraction of sp³-hybridized carbons (Fsp3) is 0.875. The summed E-state index contributed by atoms with van der Waals surface area (Å²) >= 11 is 5.26. The number of aliphatic hydroxyl groups excluding tert-OH is 1. The summed E-state index contributed by atoms with van der Waals surface area (Å²) in [7, 11) is 0. The molecule has 1 aliphatic rings. The molecule has 0 aliphatic carbocycles. The standard InChI is InChI=1S/C16H30N2O2S/c1-4-8-16(9-5-2,14(17)21)15(20)18-10-6-13(7-11-18)12(3)19/h12-13,19H,4-11H2,1-3H3,(H2,17,21). The highest BCUT2D eigenvalue weighted by atomic mass is 32.1. The number of thiocarbonyl (C=S) groups is 1. The highest BCUT2D eigenvalue weighted by Crippen LogP contribution is 2.34. The van der Waals surface area contributed by atoms with Crippen molar-refractivity contribution in [1.82, 2.24) is 4.90 Å². The van der Waals surface area contributed by atoms with Crippen LogP contribution in [0, 0.1) is 11.3 Å². The molecule has 5 heteroatoms. The van der Waals surface area contributed by atoms with Crippen LogP contribution in [-0.4, -0.2) is 40.1 Å². The molecule has 1 aliphatic heterocycles. The lowest BCUT2D eigenvalue weighted by Gasteiger charge is -2.40. The average molecular weight is 314 g/mol. The fourth-order valence-electron chi connectivity index (χ4n) is 3.43. The first-order chi connectivity index (χ1) is 9.89. The van der Waals surface area contributed by atoms with Crippen LogP contribution in [0.2, 0.25) is 0 Å². The van der Waals surface area contributed by atoms with E-state index in [1.807, 2.05) is 11.8 Å². The molecule has 0 radical (unpaired) electrons. The Kier molecular flexibility index (Phi) is 7.07.